The molecule has 1 heterocycles. The van der Waals surface area contributed by atoms with E-state index in [2.05, 4.69) is 0 Å². The molecule has 18 heavy (non-hydrogen) atoms. The SMILES string of the molecule is OC1O[C@H]2C(CC[C@H]2OCc2ccccc2)[C@H]1O. The third-order valence-electron chi connectivity index (χ3n) is 3.91. The number of fused-ring (bicyclic) bond motifs is 1. The van der Waals surface area contributed by atoms with Crippen molar-refractivity contribution in [1.29, 1.82) is 0 Å². The summed E-state index contributed by atoms with van der Waals surface area (Å²) in [6.07, 6.45) is -0.280. The zero-order valence-corrected chi connectivity index (χ0v) is 10.1. The lowest BCUT2D eigenvalue weighted by Crippen LogP contribution is -2.27. The molecule has 0 radical (unpaired) electrons. The molecule has 1 saturated heterocycles. The molecular formula is C14H18O4. The largest absolute Gasteiger partial charge is 0.387 e. The lowest BCUT2D eigenvalue weighted by atomic mass is 10.0. The molecule has 5 atom stereocenters. The van der Waals surface area contributed by atoms with Crippen molar-refractivity contribution in [3.05, 3.63) is 35.9 Å². The van der Waals surface area contributed by atoms with Crippen LogP contribution in [0.1, 0.15) is 18.4 Å². The standard InChI is InChI=1S/C14H18O4/c15-12-10-6-7-11(13(10)18-14(12)16)17-8-9-4-2-1-3-5-9/h1-5,10-16H,6-8H2/t10?,11-,12-,13+,14?/m1/s1. The molecule has 3 rings (SSSR count). The molecule has 0 aromatic heterocycles. The minimum absolute atomic E-state index is 0.0146. The first-order valence-electron chi connectivity index (χ1n) is 6.43. The minimum Gasteiger partial charge on any atom is -0.387 e. The van der Waals surface area contributed by atoms with Crippen LogP contribution in [0.25, 0.3) is 0 Å². The van der Waals surface area contributed by atoms with E-state index in [1.807, 2.05) is 30.3 Å². The Morgan fingerprint density at radius 1 is 1.17 bits per heavy atom. The molecule has 2 aliphatic rings. The van der Waals surface area contributed by atoms with Gasteiger partial charge in [0.2, 0.25) is 0 Å². The van der Waals surface area contributed by atoms with Gasteiger partial charge < -0.3 is 19.7 Å². The highest BCUT2D eigenvalue weighted by Crippen LogP contribution is 2.40. The molecular weight excluding hydrogens is 232 g/mol. The Bertz CT molecular complexity index is 394. The van der Waals surface area contributed by atoms with Crippen molar-refractivity contribution in [2.75, 3.05) is 0 Å². The monoisotopic (exact) mass is 250 g/mol. The van der Waals surface area contributed by atoms with E-state index >= 15 is 0 Å². The van der Waals surface area contributed by atoms with Gasteiger partial charge in [0, 0.05) is 5.92 Å². The maximum absolute atomic E-state index is 9.74. The van der Waals surface area contributed by atoms with Gasteiger partial charge in [-0.1, -0.05) is 30.3 Å². The van der Waals surface area contributed by atoms with Crippen LogP contribution in [0.3, 0.4) is 0 Å². The maximum atomic E-state index is 9.74. The van der Waals surface area contributed by atoms with Gasteiger partial charge in [-0.2, -0.15) is 0 Å². The van der Waals surface area contributed by atoms with Crippen LogP contribution in [0.15, 0.2) is 30.3 Å². The normalized spacial score (nSPS) is 38.9. The van der Waals surface area contributed by atoms with Crippen LogP contribution in [-0.2, 0) is 16.1 Å². The molecule has 1 aromatic carbocycles. The van der Waals surface area contributed by atoms with Crippen molar-refractivity contribution < 1.29 is 19.7 Å². The van der Waals surface area contributed by atoms with Gasteiger partial charge in [0.25, 0.3) is 0 Å². The van der Waals surface area contributed by atoms with E-state index in [1.54, 1.807) is 0 Å². The first-order chi connectivity index (χ1) is 8.75. The predicted octanol–water partition coefficient (Wildman–Crippen LogP) is 1.06. The predicted molar refractivity (Wildman–Crippen MR) is 64.6 cm³/mol. The average Bonchev–Trinajstić information content (AvgIpc) is 2.91. The van der Waals surface area contributed by atoms with E-state index in [-0.39, 0.29) is 18.1 Å². The van der Waals surface area contributed by atoms with Crippen molar-refractivity contribution in [2.45, 2.75) is 44.1 Å². The molecule has 2 unspecified atom stereocenters. The summed E-state index contributed by atoms with van der Waals surface area (Å²) in [4.78, 5) is 0. The Morgan fingerprint density at radius 2 is 1.94 bits per heavy atom. The summed E-state index contributed by atoms with van der Waals surface area (Å²) in [7, 11) is 0. The van der Waals surface area contributed by atoms with Gasteiger partial charge in [0.05, 0.1) is 18.8 Å². The first-order valence-corrected chi connectivity index (χ1v) is 6.43. The zero-order valence-electron chi connectivity index (χ0n) is 10.1. The van der Waals surface area contributed by atoms with Gasteiger partial charge >= 0.3 is 0 Å². The van der Waals surface area contributed by atoms with Crippen LogP contribution < -0.4 is 0 Å². The molecule has 98 valence electrons. The average molecular weight is 250 g/mol. The van der Waals surface area contributed by atoms with E-state index in [9.17, 15) is 10.2 Å². The lowest BCUT2D eigenvalue weighted by molar-refractivity contribution is -0.153. The molecule has 4 heteroatoms. The first kappa shape index (κ1) is 12.1. The second-order valence-electron chi connectivity index (χ2n) is 5.06. The van der Waals surface area contributed by atoms with Crippen LogP contribution in [-0.4, -0.2) is 34.8 Å². The maximum Gasteiger partial charge on any atom is 0.181 e. The molecule has 2 fully saturated rings. The third-order valence-corrected chi connectivity index (χ3v) is 3.91. The van der Waals surface area contributed by atoms with E-state index in [4.69, 9.17) is 9.47 Å². The van der Waals surface area contributed by atoms with Crippen LogP contribution in [0, 0.1) is 5.92 Å². The number of rotatable bonds is 3. The zero-order chi connectivity index (χ0) is 12.5. The van der Waals surface area contributed by atoms with Gasteiger partial charge in [-0.25, -0.2) is 0 Å². The fourth-order valence-electron chi connectivity index (χ4n) is 2.92. The van der Waals surface area contributed by atoms with Crippen molar-refractivity contribution in [1.82, 2.24) is 0 Å². The van der Waals surface area contributed by atoms with Gasteiger partial charge in [0.15, 0.2) is 6.29 Å². The van der Waals surface area contributed by atoms with Crippen molar-refractivity contribution in [3.8, 4) is 0 Å². The van der Waals surface area contributed by atoms with Crippen molar-refractivity contribution in [2.24, 2.45) is 5.92 Å². The molecule has 0 bridgehead atoms. The molecule has 4 nitrogen and oxygen atoms in total. The number of aliphatic hydroxyl groups excluding tert-OH is 2. The minimum atomic E-state index is -1.05. The molecule has 0 spiro atoms. The topological polar surface area (TPSA) is 58.9 Å². The van der Waals surface area contributed by atoms with Gasteiger partial charge in [-0.3, -0.25) is 0 Å². The van der Waals surface area contributed by atoms with E-state index in [0.717, 1.165) is 18.4 Å². The second-order valence-corrected chi connectivity index (χ2v) is 5.06. The summed E-state index contributed by atoms with van der Waals surface area (Å²) >= 11 is 0. The quantitative estimate of drug-likeness (QED) is 0.842. The summed E-state index contributed by atoms with van der Waals surface area (Å²) in [6, 6.07) is 9.98. The molecule has 0 amide bonds. The van der Waals surface area contributed by atoms with Gasteiger partial charge in [-0.15, -0.1) is 0 Å². The molecule has 1 aliphatic heterocycles. The molecule has 1 aliphatic carbocycles. The number of hydrogen-bond donors (Lipinski definition) is 2. The summed E-state index contributed by atoms with van der Waals surface area (Å²) < 4.78 is 11.2. The van der Waals surface area contributed by atoms with Gasteiger partial charge in [-0.05, 0) is 18.4 Å². The smallest absolute Gasteiger partial charge is 0.181 e. The van der Waals surface area contributed by atoms with Crippen LogP contribution in [0.4, 0.5) is 0 Å². The summed E-state index contributed by atoms with van der Waals surface area (Å²) in [5.41, 5.74) is 1.13. The molecule has 2 N–H and O–H groups in total. The molecule has 1 aromatic rings. The number of benzene rings is 1. The van der Waals surface area contributed by atoms with Crippen LogP contribution in [0.5, 0.6) is 0 Å². The number of ether oxygens (including phenoxy) is 2. The van der Waals surface area contributed by atoms with Crippen LogP contribution >= 0.6 is 0 Å². The summed E-state index contributed by atoms with van der Waals surface area (Å²) in [5.74, 6) is 0.0146. The third kappa shape index (κ3) is 2.17. The highest BCUT2D eigenvalue weighted by Gasteiger charge is 2.50. The Labute approximate surface area is 106 Å². The number of aliphatic hydroxyl groups is 2. The van der Waals surface area contributed by atoms with E-state index in [0.29, 0.717) is 6.61 Å². The highest BCUT2D eigenvalue weighted by molar-refractivity contribution is 5.13. The van der Waals surface area contributed by atoms with Crippen LogP contribution in [0.2, 0.25) is 0 Å². The van der Waals surface area contributed by atoms with Gasteiger partial charge in [0.1, 0.15) is 6.10 Å². The summed E-state index contributed by atoms with van der Waals surface area (Å²) in [6.45, 7) is 0.546. The highest BCUT2D eigenvalue weighted by atomic mass is 16.6. The van der Waals surface area contributed by atoms with E-state index < -0.39 is 12.4 Å². The Hall–Kier alpha value is -0.940. The number of hydrogen-bond acceptors (Lipinski definition) is 4. The molecule has 1 saturated carbocycles. The second kappa shape index (κ2) is 4.97. The Kier molecular flexibility index (Phi) is 3.35. The fourth-order valence-corrected chi connectivity index (χ4v) is 2.92. The summed E-state index contributed by atoms with van der Waals surface area (Å²) in [5, 5.41) is 19.2. The Balaban J connectivity index is 1.59. The lowest BCUT2D eigenvalue weighted by Gasteiger charge is -2.19. The van der Waals surface area contributed by atoms with Crippen molar-refractivity contribution >= 4 is 0 Å². The Morgan fingerprint density at radius 3 is 2.72 bits per heavy atom. The van der Waals surface area contributed by atoms with E-state index in [1.165, 1.54) is 0 Å². The fraction of sp³-hybridized carbons (Fsp3) is 0.571. The van der Waals surface area contributed by atoms with Crippen molar-refractivity contribution in [3.63, 3.8) is 0 Å².